The van der Waals surface area contributed by atoms with Gasteiger partial charge in [-0.2, -0.15) is 4.98 Å². The number of aromatic nitrogens is 3. The van der Waals surface area contributed by atoms with Crippen LogP contribution in [0.15, 0.2) is 18.3 Å². The van der Waals surface area contributed by atoms with Crippen molar-refractivity contribution in [1.29, 1.82) is 0 Å². The smallest absolute Gasteiger partial charge is 0.353 e. The summed E-state index contributed by atoms with van der Waals surface area (Å²) in [5, 5.41) is 21.7. The molecule has 0 radical (unpaired) electrons. The highest BCUT2D eigenvalue weighted by Crippen LogP contribution is 2.20. The average Bonchev–Trinajstić information content (AvgIpc) is 2.79. The Labute approximate surface area is 128 Å². The molecule has 1 unspecified atom stereocenters. The van der Waals surface area contributed by atoms with E-state index >= 15 is 0 Å². The van der Waals surface area contributed by atoms with E-state index in [1.807, 2.05) is 13.8 Å². The second-order valence-corrected chi connectivity index (χ2v) is 5.13. The lowest BCUT2D eigenvalue weighted by atomic mass is 10.2. The van der Waals surface area contributed by atoms with Crippen LogP contribution in [0.3, 0.4) is 0 Å². The lowest BCUT2D eigenvalue weighted by Crippen LogP contribution is -2.24. The van der Waals surface area contributed by atoms with Crippen molar-refractivity contribution in [2.45, 2.75) is 33.2 Å². The number of anilines is 1. The minimum atomic E-state index is -1.000. The number of aryl methyl sites for hydroxylation is 2. The zero-order valence-electron chi connectivity index (χ0n) is 12.9. The monoisotopic (exact) mass is 304 g/mol. The molecule has 0 bridgehead atoms. The molecule has 2 aromatic rings. The van der Waals surface area contributed by atoms with Crippen LogP contribution >= 0.6 is 0 Å². The number of carbonyl (C=O) groups is 1. The van der Waals surface area contributed by atoms with Gasteiger partial charge in [-0.3, -0.25) is 4.57 Å². The second-order valence-electron chi connectivity index (χ2n) is 5.13. The zero-order valence-corrected chi connectivity index (χ0v) is 12.9. The highest BCUT2D eigenvalue weighted by Gasteiger charge is 2.19. The number of aliphatic hydroxyl groups excluding tert-OH is 1. The molecule has 7 heteroatoms. The zero-order chi connectivity index (χ0) is 16.3. The van der Waals surface area contributed by atoms with Crippen LogP contribution in [-0.4, -0.2) is 43.4 Å². The molecule has 0 aliphatic carbocycles. The maximum atomic E-state index is 11.5. The summed E-state index contributed by atoms with van der Waals surface area (Å²) >= 11 is 0. The number of aromatic carboxylic acids is 1. The third kappa shape index (κ3) is 3.09. The number of nitrogens with one attached hydrogen (secondary N) is 1. The maximum absolute atomic E-state index is 11.5. The predicted molar refractivity (Wildman–Crippen MR) is 82.6 cm³/mol. The molecule has 3 N–H and O–H groups in total. The first kappa shape index (κ1) is 16.0. The van der Waals surface area contributed by atoms with E-state index < -0.39 is 5.97 Å². The lowest BCUT2D eigenvalue weighted by Gasteiger charge is -2.15. The fourth-order valence-corrected chi connectivity index (χ4v) is 2.36. The van der Waals surface area contributed by atoms with Gasteiger partial charge in [0.2, 0.25) is 5.95 Å². The number of carboxylic acids is 1. The molecule has 2 aromatic heterocycles. The Morgan fingerprint density at radius 3 is 2.77 bits per heavy atom. The average molecular weight is 304 g/mol. The molecule has 2 rings (SSSR count). The quantitative estimate of drug-likeness (QED) is 0.752. The number of carboxylic acid groups (broad SMARTS) is 1. The van der Waals surface area contributed by atoms with Gasteiger partial charge in [0.05, 0.1) is 12.6 Å². The van der Waals surface area contributed by atoms with E-state index in [0.29, 0.717) is 17.3 Å². The Bertz CT molecular complexity index is 677. The molecular weight excluding hydrogens is 284 g/mol. The van der Waals surface area contributed by atoms with Crippen molar-refractivity contribution in [3.63, 3.8) is 0 Å². The highest BCUT2D eigenvalue weighted by molar-refractivity contribution is 5.88. The van der Waals surface area contributed by atoms with E-state index in [2.05, 4.69) is 15.3 Å². The van der Waals surface area contributed by atoms with Crippen molar-refractivity contribution in [1.82, 2.24) is 14.5 Å². The van der Waals surface area contributed by atoms with Crippen LogP contribution in [0.5, 0.6) is 0 Å². The summed E-state index contributed by atoms with van der Waals surface area (Å²) in [6.07, 6.45) is 2.29. The fourth-order valence-electron chi connectivity index (χ4n) is 2.36. The van der Waals surface area contributed by atoms with Crippen molar-refractivity contribution >= 4 is 11.9 Å². The molecule has 1 atom stereocenters. The van der Waals surface area contributed by atoms with Crippen molar-refractivity contribution in [3.8, 4) is 5.82 Å². The first-order valence-electron chi connectivity index (χ1n) is 7.11. The van der Waals surface area contributed by atoms with Crippen LogP contribution < -0.4 is 5.32 Å². The fraction of sp³-hybridized carbons (Fsp3) is 0.400. The topological polar surface area (TPSA) is 100 Å². The summed E-state index contributed by atoms with van der Waals surface area (Å²) in [5.74, 6) is -0.158. The molecule has 0 aliphatic rings. The first-order valence-corrected chi connectivity index (χ1v) is 7.11. The summed E-state index contributed by atoms with van der Waals surface area (Å²) in [6.45, 7) is 5.51. The predicted octanol–water partition coefficient (Wildman–Crippen LogP) is 1.77. The van der Waals surface area contributed by atoms with Crippen LogP contribution in [0.1, 0.15) is 35.1 Å². The van der Waals surface area contributed by atoms with Gasteiger partial charge in [-0.15, -0.1) is 0 Å². The van der Waals surface area contributed by atoms with Crippen molar-refractivity contribution in [2.24, 2.45) is 0 Å². The summed E-state index contributed by atoms with van der Waals surface area (Å²) in [6, 6.07) is 3.33. The molecule has 118 valence electrons. The molecule has 0 aromatic carbocycles. The van der Waals surface area contributed by atoms with Gasteiger partial charge in [-0.1, -0.05) is 6.92 Å². The van der Waals surface area contributed by atoms with Crippen LogP contribution in [0, 0.1) is 13.8 Å². The minimum Gasteiger partial charge on any atom is -0.477 e. The van der Waals surface area contributed by atoms with E-state index in [1.165, 1.54) is 0 Å². The summed E-state index contributed by atoms with van der Waals surface area (Å²) in [4.78, 5) is 20.0. The maximum Gasteiger partial charge on any atom is 0.353 e. The van der Waals surface area contributed by atoms with Crippen LogP contribution in [0.4, 0.5) is 5.95 Å². The number of rotatable bonds is 6. The normalized spacial score (nSPS) is 12.2. The summed E-state index contributed by atoms with van der Waals surface area (Å²) in [5.41, 5.74) is 1.66. The lowest BCUT2D eigenvalue weighted by molar-refractivity contribution is 0.0687. The molecule has 22 heavy (non-hydrogen) atoms. The standard InChI is InChI=1S/C15H20N4O3/c1-4-11(8-20)17-15-16-6-5-12(18-15)19-10(3)7-9(2)13(19)14(21)22/h5-7,11,20H,4,8H2,1-3H3,(H,21,22)(H,16,17,18). The third-order valence-corrected chi connectivity index (χ3v) is 3.49. The molecule has 0 saturated heterocycles. The van der Waals surface area contributed by atoms with Gasteiger partial charge < -0.3 is 15.5 Å². The molecule has 7 nitrogen and oxygen atoms in total. The molecule has 2 heterocycles. The molecule has 0 spiro atoms. The van der Waals surface area contributed by atoms with E-state index in [4.69, 9.17) is 0 Å². The van der Waals surface area contributed by atoms with E-state index in [1.54, 1.807) is 29.8 Å². The minimum absolute atomic E-state index is 0.0217. The number of hydrogen-bond acceptors (Lipinski definition) is 5. The third-order valence-electron chi connectivity index (χ3n) is 3.49. The van der Waals surface area contributed by atoms with Crippen LogP contribution in [0.25, 0.3) is 5.82 Å². The Kier molecular flexibility index (Phi) is 4.77. The van der Waals surface area contributed by atoms with E-state index in [-0.39, 0.29) is 18.3 Å². The van der Waals surface area contributed by atoms with Gasteiger partial charge >= 0.3 is 5.97 Å². The number of nitrogens with zero attached hydrogens (tertiary/aromatic N) is 3. The Hall–Kier alpha value is -2.41. The molecule has 0 fully saturated rings. The number of aliphatic hydroxyl groups is 1. The first-order chi connectivity index (χ1) is 10.5. The largest absolute Gasteiger partial charge is 0.477 e. The van der Waals surface area contributed by atoms with Gasteiger partial charge in [0.25, 0.3) is 0 Å². The SMILES string of the molecule is CCC(CO)Nc1nccc(-n2c(C)cc(C)c2C(=O)O)n1. The summed E-state index contributed by atoms with van der Waals surface area (Å²) in [7, 11) is 0. The van der Waals surface area contributed by atoms with Gasteiger partial charge in [0.15, 0.2) is 0 Å². The second kappa shape index (κ2) is 6.57. The number of hydrogen-bond donors (Lipinski definition) is 3. The van der Waals surface area contributed by atoms with E-state index in [0.717, 1.165) is 12.1 Å². The van der Waals surface area contributed by atoms with Gasteiger partial charge in [-0.05, 0) is 38.0 Å². The highest BCUT2D eigenvalue weighted by atomic mass is 16.4. The Balaban J connectivity index is 2.44. The molecule has 0 saturated carbocycles. The van der Waals surface area contributed by atoms with Crippen molar-refractivity contribution < 1.29 is 15.0 Å². The van der Waals surface area contributed by atoms with Gasteiger partial charge in [0.1, 0.15) is 11.5 Å². The molecular formula is C15H20N4O3. The van der Waals surface area contributed by atoms with Gasteiger partial charge in [0, 0.05) is 11.9 Å². The van der Waals surface area contributed by atoms with Crippen molar-refractivity contribution in [2.75, 3.05) is 11.9 Å². The Morgan fingerprint density at radius 1 is 1.45 bits per heavy atom. The summed E-state index contributed by atoms with van der Waals surface area (Å²) < 4.78 is 1.59. The van der Waals surface area contributed by atoms with E-state index in [9.17, 15) is 15.0 Å². The Morgan fingerprint density at radius 2 is 2.18 bits per heavy atom. The molecule has 0 amide bonds. The van der Waals surface area contributed by atoms with Gasteiger partial charge in [-0.25, -0.2) is 9.78 Å². The van der Waals surface area contributed by atoms with Crippen molar-refractivity contribution in [3.05, 3.63) is 35.3 Å². The molecule has 0 aliphatic heterocycles. The van der Waals surface area contributed by atoms with Crippen LogP contribution in [-0.2, 0) is 0 Å². The van der Waals surface area contributed by atoms with Crippen LogP contribution in [0.2, 0.25) is 0 Å².